The quantitative estimate of drug-likeness (QED) is 0.747. The predicted molar refractivity (Wildman–Crippen MR) is 93.6 cm³/mol. The molecule has 2 heterocycles. The lowest BCUT2D eigenvalue weighted by Crippen LogP contribution is -2.42. The van der Waals surface area contributed by atoms with Gasteiger partial charge in [0.15, 0.2) is 0 Å². The number of aliphatic hydroxyl groups excluding tert-OH is 1. The minimum atomic E-state index is -0.272. The lowest BCUT2D eigenvalue weighted by atomic mass is 9.75. The molecular formula is C19H20N4O2. The number of imidazole rings is 1. The van der Waals surface area contributed by atoms with Crippen LogP contribution >= 0.6 is 0 Å². The first-order chi connectivity index (χ1) is 12.2. The molecule has 4 rings (SSSR count). The minimum Gasteiger partial charge on any atom is -0.393 e. The first-order valence-electron chi connectivity index (χ1n) is 8.47. The SMILES string of the molecule is O=C(Cn1ccnc1)N[C@@H](c1cnc2ccccc2c1)C1CC(O)C1. The second-order valence-corrected chi connectivity index (χ2v) is 6.63. The largest absolute Gasteiger partial charge is 0.393 e. The first-order valence-corrected chi connectivity index (χ1v) is 8.47. The van der Waals surface area contributed by atoms with Crippen molar-refractivity contribution in [1.82, 2.24) is 19.9 Å². The standard InChI is InChI=1S/C19H20N4O2/c24-16-8-14(9-16)19(22-18(25)11-23-6-5-20-12-23)15-7-13-3-1-2-4-17(13)21-10-15/h1-7,10,12,14,16,19,24H,8-9,11H2,(H,22,25)/t14?,16?,19-/m1/s1. The highest BCUT2D eigenvalue weighted by atomic mass is 16.3. The van der Waals surface area contributed by atoms with Gasteiger partial charge in [-0.2, -0.15) is 0 Å². The Labute approximate surface area is 145 Å². The fourth-order valence-corrected chi connectivity index (χ4v) is 3.40. The van der Waals surface area contributed by atoms with Crippen LogP contribution in [-0.2, 0) is 11.3 Å². The molecule has 25 heavy (non-hydrogen) atoms. The van der Waals surface area contributed by atoms with Gasteiger partial charge in [-0.15, -0.1) is 0 Å². The van der Waals surface area contributed by atoms with Gasteiger partial charge in [-0.25, -0.2) is 4.98 Å². The van der Waals surface area contributed by atoms with E-state index in [4.69, 9.17) is 0 Å². The highest BCUT2D eigenvalue weighted by molar-refractivity contribution is 5.79. The fraction of sp³-hybridized carbons (Fsp3) is 0.316. The summed E-state index contributed by atoms with van der Waals surface area (Å²) in [6.07, 6.45) is 7.99. The molecule has 6 nitrogen and oxygen atoms in total. The van der Waals surface area contributed by atoms with E-state index in [9.17, 15) is 9.90 Å². The molecule has 1 fully saturated rings. The van der Waals surface area contributed by atoms with E-state index >= 15 is 0 Å². The number of aromatic nitrogens is 3. The van der Waals surface area contributed by atoms with E-state index in [1.54, 1.807) is 23.3 Å². The molecule has 0 radical (unpaired) electrons. The molecule has 1 saturated carbocycles. The molecule has 0 aliphatic heterocycles. The number of rotatable bonds is 5. The van der Waals surface area contributed by atoms with Gasteiger partial charge in [0.05, 0.1) is 24.0 Å². The highest BCUT2D eigenvalue weighted by Gasteiger charge is 2.35. The number of nitrogens with one attached hydrogen (secondary N) is 1. The van der Waals surface area contributed by atoms with Crippen molar-refractivity contribution < 1.29 is 9.90 Å². The van der Waals surface area contributed by atoms with Crippen molar-refractivity contribution in [1.29, 1.82) is 0 Å². The van der Waals surface area contributed by atoms with Crippen molar-refractivity contribution in [3.05, 3.63) is 60.8 Å². The molecule has 2 aromatic heterocycles. The summed E-state index contributed by atoms with van der Waals surface area (Å²) in [5.41, 5.74) is 1.91. The summed E-state index contributed by atoms with van der Waals surface area (Å²) in [6.45, 7) is 0.229. The number of nitrogens with zero attached hydrogens (tertiary/aromatic N) is 3. The number of aliphatic hydroxyl groups is 1. The van der Waals surface area contributed by atoms with Crippen LogP contribution in [0.5, 0.6) is 0 Å². The van der Waals surface area contributed by atoms with Crippen LogP contribution in [0.25, 0.3) is 10.9 Å². The van der Waals surface area contributed by atoms with Crippen molar-refractivity contribution in [2.75, 3.05) is 0 Å². The van der Waals surface area contributed by atoms with Crippen molar-refractivity contribution in [2.24, 2.45) is 5.92 Å². The molecule has 1 aliphatic rings. The van der Waals surface area contributed by atoms with Gasteiger partial charge in [0.25, 0.3) is 0 Å². The van der Waals surface area contributed by atoms with Crippen LogP contribution in [0.3, 0.4) is 0 Å². The number of hydrogen-bond acceptors (Lipinski definition) is 4. The number of carbonyl (C=O) groups is 1. The Morgan fingerprint density at radius 2 is 2.20 bits per heavy atom. The summed E-state index contributed by atoms with van der Waals surface area (Å²) < 4.78 is 1.74. The summed E-state index contributed by atoms with van der Waals surface area (Å²) in [4.78, 5) is 20.9. The minimum absolute atomic E-state index is 0.0717. The molecular weight excluding hydrogens is 316 g/mol. The second kappa shape index (κ2) is 6.64. The summed E-state index contributed by atoms with van der Waals surface area (Å²) >= 11 is 0. The van der Waals surface area contributed by atoms with Crippen LogP contribution < -0.4 is 5.32 Å². The Morgan fingerprint density at radius 3 is 2.96 bits per heavy atom. The average molecular weight is 336 g/mol. The van der Waals surface area contributed by atoms with Crippen LogP contribution in [0.2, 0.25) is 0 Å². The second-order valence-electron chi connectivity index (χ2n) is 6.63. The molecule has 0 spiro atoms. The van der Waals surface area contributed by atoms with E-state index < -0.39 is 0 Å². The molecule has 1 aromatic carbocycles. The van der Waals surface area contributed by atoms with Crippen LogP contribution in [0.15, 0.2) is 55.2 Å². The first kappa shape index (κ1) is 15.8. The van der Waals surface area contributed by atoms with E-state index in [1.165, 1.54) is 0 Å². The van der Waals surface area contributed by atoms with E-state index in [0.717, 1.165) is 16.5 Å². The fourth-order valence-electron chi connectivity index (χ4n) is 3.40. The van der Waals surface area contributed by atoms with Crippen LogP contribution in [0.4, 0.5) is 0 Å². The third kappa shape index (κ3) is 3.39. The third-order valence-corrected chi connectivity index (χ3v) is 4.79. The predicted octanol–water partition coefficient (Wildman–Crippen LogP) is 2.06. The maximum absolute atomic E-state index is 12.4. The van der Waals surface area contributed by atoms with Gasteiger partial charge in [0.1, 0.15) is 6.54 Å². The third-order valence-electron chi connectivity index (χ3n) is 4.79. The molecule has 0 saturated heterocycles. The lowest BCUT2D eigenvalue weighted by Gasteiger charge is -2.38. The van der Waals surface area contributed by atoms with Gasteiger partial charge in [-0.05, 0) is 36.5 Å². The van der Waals surface area contributed by atoms with Gasteiger partial charge in [0.2, 0.25) is 5.91 Å². The molecule has 0 unspecified atom stereocenters. The van der Waals surface area contributed by atoms with Crippen LogP contribution in [0, 0.1) is 5.92 Å². The van der Waals surface area contributed by atoms with Crippen molar-refractivity contribution in [2.45, 2.75) is 31.5 Å². The van der Waals surface area contributed by atoms with Gasteiger partial charge in [0, 0.05) is 24.0 Å². The Morgan fingerprint density at radius 1 is 1.36 bits per heavy atom. The normalized spacial score (nSPS) is 20.8. The maximum atomic E-state index is 12.4. The summed E-state index contributed by atoms with van der Waals surface area (Å²) in [7, 11) is 0. The number of pyridine rings is 1. The Balaban J connectivity index is 1.57. The molecule has 2 N–H and O–H groups in total. The van der Waals surface area contributed by atoms with Crippen molar-refractivity contribution in [3.8, 4) is 0 Å². The molecule has 1 atom stereocenters. The molecule has 128 valence electrons. The Bertz CT molecular complexity index is 872. The zero-order valence-electron chi connectivity index (χ0n) is 13.7. The van der Waals surface area contributed by atoms with Crippen molar-refractivity contribution >= 4 is 16.8 Å². The molecule has 6 heteroatoms. The summed E-state index contributed by atoms with van der Waals surface area (Å²) in [5.74, 6) is 0.155. The van der Waals surface area contributed by atoms with Gasteiger partial charge in [-0.1, -0.05) is 18.2 Å². The monoisotopic (exact) mass is 336 g/mol. The van der Waals surface area contributed by atoms with Crippen molar-refractivity contribution in [3.63, 3.8) is 0 Å². The van der Waals surface area contributed by atoms with E-state index in [1.807, 2.05) is 30.5 Å². The van der Waals surface area contributed by atoms with Gasteiger partial charge in [-0.3, -0.25) is 9.78 Å². The summed E-state index contributed by atoms with van der Waals surface area (Å²) in [5, 5.41) is 13.9. The van der Waals surface area contributed by atoms with E-state index in [0.29, 0.717) is 12.8 Å². The number of fused-ring (bicyclic) bond motifs is 1. The lowest BCUT2D eigenvalue weighted by molar-refractivity contribution is -0.123. The van der Waals surface area contributed by atoms with Gasteiger partial charge < -0.3 is 15.0 Å². The Hall–Kier alpha value is -2.73. The molecule has 0 bridgehead atoms. The van der Waals surface area contributed by atoms with E-state index in [-0.39, 0.29) is 30.5 Å². The number of carbonyl (C=O) groups excluding carboxylic acids is 1. The van der Waals surface area contributed by atoms with E-state index in [2.05, 4.69) is 21.4 Å². The highest BCUT2D eigenvalue weighted by Crippen LogP contribution is 2.38. The number of amides is 1. The molecule has 1 amide bonds. The summed E-state index contributed by atoms with van der Waals surface area (Å²) in [6, 6.07) is 9.87. The topological polar surface area (TPSA) is 80.0 Å². The van der Waals surface area contributed by atoms with Crippen LogP contribution in [-0.4, -0.2) is 31.7 Å². The zero-order chi connectivity index (χ0) is 17.2. The number of benzene rings is 1. The number of para-hydroxylation sites is 1. The zero-order valence-corrected chi connectivity index (χ0v) is 13.7. The molecule has 3 aromatic rings. The maximum Gasteiger partial charge on any atom is 0.240 e. The number of hydrogen-bond donors (Lipinski definition) is 2. The van der Waals surface area contributed by atoms with Crippen LogP contribution in [0.1, 0.15) is 24.4 Å². The van der Waals surface area contributed by atoms with Gasteiger partial charge >= 0.3 is 0 Å². The smallest absolute Gasteiger partial charge is 0.240 e. The Kier molecular flexibility index (Phi) is 4.19. The molecule has 1 aliphatic carbocycles. The average Bonchev–Trinajstić information content (AvgIpc) is 3.09.